The number of nitro benzene ring substituents is 1. The molecule has 1 aromatic heterocycles. The van der Waals surface area contributed by atoms with E-state index in [1.54, 1.807) is 30.3 Å². The molecule has 0 radical (unpaired) electrons. The van der Waals surface area contributed by atoms with Gasteiger partial charge in [-0.05, 0) is 30.3 Å². The lowest BCUT2D eigenvalue weighted by Crippen LogP contribution is -2.16. The zero-order valence-electron chi connectivity index (χ0n) is 13.2. The zero-order chi connectivity index (χ0) is 18.5. The first-order chi connectivity index (χ1) is 12.5. The lowest BCUT2D eigenvalue weighted by Gasteiger charge is -2.08. The van der Waals surface area contributed by atoms with E-state index in [1.807, 2.05) is 0 Å². The molecule has 0 aliphatic heterocycles. The number of nitro groups is 1. The third-order valence-corrected chi connectivity index (χ3v) is 3.34. The maximum Gasteiger partial charge on any atom is 0.417 e. The number of non-ortho nitro benzene ring substituents is 1. The van der Waals surface area contributed by atoms with Gasteiger partial charge in [-0.2, -0.15) is 5.10 Å². The number of nitrogens with zero attached hydrogens (tertiary/aromatic N) is 2. The van der Waals surface area contributed by atoms with Crippen molar-refractivity contribution in [3.8, 4) is 17.0 Å². The van der Waals surface area contributed by atoms with E-state index in [1.165, 1.54) is 30.3 Å². The molecule has 0 saturated heterocycles. The molecule has 2 aromatic carbocycles. The van der Waals surface area contributed by atoms with Crippen LogP contribution in [0.1, 0.15) is 0 Å². The average Bonchev–Trinajstić information content (AvgIpc) is 2.63. The van der Waals surface area contributed by atoms with Crippen LogP contribution in [0.25, 0.3) is 11.3 Å². The van der Waals surface area contributed by atoms with Gasteiger partial charge >= 0.3 is 6.09 Å². The van der Waals surface area contributed by atoms with Crippen molar-refractivity contribution in [3.63, 3.8) is 0 Å². The van der Waals surface area contributed by atoms with Crippen molar-refractivity contribution in [2.24, 2.45) is 0 Å². The maximum absolute atomic E-state index is 12.0. The van der Waals surface area contributed by atoms with Crippen LogP contribution >= 0.6 is 0 Å². The van der Waals surface area contributed by atoms with Crippen LogP contribution < -0.4 is 15.6 Å². The molecule has 0 aliphatic carbocycles. The van der Waals surface area contributed by atoms with Gasteiger partial charge in [0.05, 0.1) is 10.6 Å². The van der Waals surface area contributed by atoms with E-state index >= 15 is 0 Å². The minimum atomic E-state index is -0.745. The molecular weight excluding hydrogens is 340 g/mol. The first kappa shape index (κ1) is 16.8. The summed E-state index contributed by atoms with van der Waals surface area (Å²) in [5.41, 5.74) is 1.28. The molecule has 2 N–H and O–H groups in total. The van der Waals surface area contributed by atoms with Gasteiger partial charge in [-0.1, -0.05) is 12.1 Å². The number of nitrogens with one attached hydrogen (secondary N) is 2. The highest BCUT2D eigenvalue weighted by Crippen LogP contribution is 2.21. The standard InChI is InChI=1S/C17H12N4O5/c22-16-9-8-15(19-20-16)11-2-1-3-12(10-11)18-17(23)26-14-6-4-13(5-7-14)21(24)25/h1-10H,(H,18,23)(H,20,22). The number of aromatic amines is 1. The highest BCUT2D eigenvalue weighted by Gasteiger charge is 2.09. The van der Waals surface area contributed by atoms with Crippen molar-refractivity contribution >= 4 is 17.5 Å². The number of carbonyl (C=O) groups excluding carboxylic acids is 1. The van der Waals surface area contributed by atoms with Gasteiger partial charge in [0.2, 0.25) is 0 Å². The van der Waals surface area contributed by atoms with Gasteiger partial charge in [-0.3, -0.25) is 20.2 Å². The number of carbonyl (C=O) groups is 1. The number of amides is 1. The fourth-order valence-electron chi connectivity index (χ4n) is 2.15. The van der Waals surface area contributed by atoms with Crippen LogP contribution in [-0.2, 0) is 0 Å². The number of H-pyrrole nitrogens is 1. The Labute approximate surface area is 146 Å². The van der Waals surface area contributed by atoms with Crippen molar-refractivity contribution in [1.82, 2.24) is 10.2 Å². The monoisotopic (exact) mass is 352 g/mol. The Kier molecular flexibility index (Phi) is 4.70. The molecule has 9 nitrogen and oxygen atoms in total. The lowest BCUT2D eigenvalue weighted by molar-refractivity contribution is -0.384. The second-order valence-electron chi connectivity index (χ2n) is 5.15. The summed E-state index contributed by atoms with van der Waals surface area (Å²) in [6.07, 6.45) is -0.745. The molecule has 1 heterocycles. The predicted molar refractivity (Wildman–Crippen MR) is 93.0 cm³/mol. The lowest BCUT2D eigenvalue weighted by atomic mass is 10.1. The summed E-state index contributed by atoms with van der Waals surface area (Å²) in [7, 11) is 0. The minimum Gasteiger partial charge on any atom is -0.410 e. The number of hydrogen-bond donors (Lipinski definition) is 2. The summed E-state index contributed by atoms with van der Waals surface area (Å²) in [6.45, 7) is 0. The highest BCUT2D eigenvalue weighted by atomic mass is 16.6. The highest BCUT2D eigenvalue weighted by molar-refractivity contribution is 5.87. The van der Waals surface area contributed by atoms with Crippen LogP contribution in [-0.4, -0.2) is 21.2 Å². The molecule has 1 amide bonds. The van der Waals surface area contributed by atoms with Gasteiger partial charge < -0.3 is 4.74 Å². The Morgan fingerprint density at radius 1 is 1.12 bits per heavy atom. The first-order valence-electron chi connectivity index (χ1n) is 7.41. The Bertz CT molecular complexity index is 994. The topological polar surface area (TPSA) is 127 Å². The molecule has 3 rings (SSSR count). The third kappa shape index (κ3) is 4.09. The fraction of sp³-hybridized carbons (Fsp3) is 0. The number of ether oxygens (including phenoxy) is 1. The number of anilines is 1. The van der Waals surface area contributed by atoms with Crippen molar-refractivity contribution in [1.29, 1.82) is 0 Å². The van der Waals surface area contributed by atoms with Crippen molar-refractivity contribution < 1.29 is 14.5 Å². The number of aromatic nitrogens is 2. The Morgan fingerprint density at radius 3 is 2.54 bits per heavy atom. The molecule has 130 valence electrons. The van der Waals surface area contributed by atoms with Gasteiger partial charge in [0.1, 0.15) is 5.75 Å². The summed E-state index contributed by atoms with van der Waals surface area (Å²) in [6, 6.07) is 14.9. The summed E-state index contributed by atoms with van der Waals surface area (Å²) in [5, 5.41) is 19.4. The number of benzene rings is 2. The van der Waals surface area contributed by atoms with Gasteiger partial charge in [-0.25, -0.2) is 9.89 Å². The predicted octanol–water partition coefficient (Wildman–Crippen LogP) is 2.96. The smallest absolute Gasteiger partial charge is 0.410 e. The summed E-state index contributed by atoms with van der Waals surface area (Å²) in [4.78, 5) is 33.1. The zero-order valence-corrected chi connectivity index (χ0v) is 13.2. The van der Waals surface area contributed by atoms with Crippen LogP contribution in [0.15, 0.2) is 65.5 Å². The first-order valence-corrected chi connectivity index (χ1v) is 7.41. The molecule has 26 heavy (non-hydrogen) atoms. The van der Waals surface area contributed by atoms with E-state index in [-0.39, 0.29) is 17.0 Å². The van der Waals surface area contributed by atoms with E-state index in [0.29, 0.717) is 16.9 Å². The van der Waals surface area contributed by atoms with E-state index in [9.17, 15) is 19.7 Å². The van der Waals surface area contributed by atoms with E-state index in [0.717, 1.165) is 0 Å². The summed E-state index contributed by atoms with van der Waals surface area (Å²) >= 11 is 0. The number of hydrogen-bond acceptors (Lipinski definition) is 6. The normalized spacial score (nSPS) is 10.2. The number of rotatable bonds is 4. The molecular formula is C17H12N4O5. The fourth-order valence-corrected chi connectivity index (χ4v) is 2.15. The molecule has 0 unspecified atom stereocenters. The molecule has 0 atom stereocenters. The second-order valence-corrected chi connectivity index (χ2v) is 5.15. The Hall–Kier alpha value is -4.01. The van der Waals surface area contributed by atoms with Crippen molar-refractivity contribution in [2.45, 2.75) is 0 Å². The average molecular weight is 352 g/mol. The van der Waals surface area contributed by atoms with Crippen LogP contribution in [0.4, 0.5) is 16.2 Å². The maximum atomic E-state index is 12.0. The van der Waals surface area contributed by atoms with Crippen LogP contribution in [0, 0.1) is 10.1 Å². The molecule has 0 spiro atoms. The Morgan fingerprint density at radius 2 is 1.88 bits per heavy atom. The van der Waals surface area contributed by atoms with E-state index < -0.39 is 11.0 Å². The van der Waals surface area contributed by atoms with Gasteiger partial charge in [0.25, 0.3) is 11.2 Å². The molecule has 0 fully saturated rings. The third-order valence-electron chi connectivity index (χ3n) is 3.34. The van der Waals surface area contributed by atoms with Gasteiger partial charge in [0.15, 0.2) is 0 Å². The quantitative estimate of drug-likeness (QED) is 0.549. The Balaban J connectivity index is 1.69. The van der Waals surface area contributed by atoms with Gasteiger partial charge in [0, 0.05) is 29.4 Å². The molecule has 0 saturated carbocycles. The van der Waals surface area contributed by atoms with E-state index in [4.69, 9.17) is 4.74 Å². The second kappa shape index (κ2) is 7.26. The summed E-state index contributed by atoms with van der Waals surface area (Å²) in [5.74, 6) is 0.173. The molecule has 0 aliphatic rings. The molecule has 0 bridgehead atoms. The molecule has 3 aromatic rings. The van der Waals surface area contributed by atoms with Crippen LogP contribution in [0.3, 0.4) is 0 Å². The minimum absolute atomic E-state index is 0.0983. The van der Waals surface area contributed by atoms with E-state index in [2.05, 4.69) is 15.5 Å². The van der Waals surface area contributed by atoms with Crippen molar-refractivity contribution in [2.75, 3.05) is 5.32 Å². The van der Waals surface area contributed by atoms with Crippen molar-refractivity contribution in [3.05, 3.63) is 81.1 Å². The van der Waals surface area contributed by atoms with Crippen LogP contribution in [0.5, 0.6) is 5.75 Å². The van der Waals surface area contributed by atoms with Crippen LogP contribution in [0.2, 0.25) is 0 Å². The summed E-state index contributed by atoms with van der Waals surface area (Å²) < 4.78 is 5.08. The SMILES string of the molecule is O=C(Nc1cccc(-c2ccc(=O)[nH]n2)c1)Oc1ccc([N+](=O)[O-])cc1. The largest absolute Gasteiger partial charge is 0.417 e. The van der Waals surface area contributed by atoms with Gasteiger partial charge in [-0.15, -0.1) is 0 Å². The molecule has 9 heteroatoms.